The van der Waals surface area contributed by atoms with Crippen LogP contribution in [-0.4, -0.2) is 41.8 Å². The van der Waals surface area contributed by atoms with E-state index >= 15 is 0 Å². The highest BCUT2D eigenvalue weighted by atomic mass is 16.1. The Hall–Kier alpha value is -3.36. The molecule has 0 aliphatic heterocycles. The van der Waals surface area contributed by atoms with Gasteiger partial charge in [-0.05, 0) is 19.4 Å². The van der Waals surface area contributed by atoms with Crippen LogP contribution in [0.1, 0.15) is 44.9 Å². The van der Waals surface area contributed by atoms with Crippen molar-refractivity contribution in [3.8, 4) is 11.5 Å². The van der Waals surface area contributed by atoms with Gasteiger partial charge in [-0.3, -0.25) is 19.7 Å². The van der Waals surface area contributed by atoms with Crippen molar-refractivity contribution < 1.29 is 9.59 Å². The molecule has 3 heterocycles. The second-order valence-electron chi connectivity index (χ2n) is 5.56. The summed E-state index contributed by atoms with van der Waals surface area (Å²) in [6.45, 7) is 5.14. The Morgan fingerprint density at radius 1 is 1.24 bits per heavy atom. The van der Waals surface area contributed by atoms with Crippen LogP contribution in [-0.2, 0) is 6.54 Å². The lowest BCUT2D eigenvalue weighted by atomic mass is 10.1. The molecule has 9 heteroatoms. The van der Waals surface area contributed by atoms with Crippen LogP contribution < -0.4 is 5.32 Å². The third kappa shape index (κ3) is 3.30. The van der Waals surface area contributed by atoms with Gasteiger partial charge in [0.1, 0.15) is 11.5 Å². The number of aromatic amines is 2. The van der Waals surface area contributed by atoms with E-state index in [0.29, 0.717) is 39.9 Å². The van der Waals surface area contributed by atoms with Gasteiger partial charge < -0.3 is 10.3 Å². The van der Waals surface area contributed by atoms with Gasteiger partial charge in [-0.2, -0.15) is 5.10 Å². The molecule has 3 aromatic rings. The minimum Gasteiger partial charge on any atom is -0.355 e. The molecule has 0 unspecified atom stereocenters. The molecule has 0 fully saturated rings. The van der Waals surface area contributed by atoms with Gasteiger partial charge in [0, 0.05) is 25.0 Å². The van der Waals surface area contributed by atoms with Crippen LogP contribution in [0, 0.1) is 13.8 Å². The molecule has 1 amide bonds. The fourth-order valence-corrected chi connectivity index (χ4v) is 2.60. The van der Waals surface area contributed by atoms with Crippen LogP contribution in [0.3, 0.4) is 0 Å². The van der Waals surface area contributed by atoms with Crippen molar-refractivity contribution in [1.29, 1.82) is 0 Å². The molecule has 3 aromatic heterocycles. The topological polar surface area (TPSA) is 129 Å². The van der Waals surface area contributed by atoms with Crippen molar-refractivity contribution in [2.24, 2.45) is 0 Å². The van der Waals surface area contributed by atoms with Crippen LogP contribution in [0.2, 0.25) is 0 Å². The van der Waals surface area contributed by atoms with Gasteiger partial charge in [-0.1, -0.05) is 0 Å². The van der Waals surface area contributed by atoms with E-state index in [2.05, 4.69) is 35.5 Å². The Morgan fingerprint density at radius 2 is 2.04 bits per heavy atom. The van der Waals surface area contributed by atoms with Crippen molar-refractivity contribution in [1.82, 2.24) is 35.5 Å². The van der Waals surface area contributed by atoms with Gasteiger partial charge in [-0.25, -0.2) is 9.97 Å². The van der Waals surface area contributed by atoms with Gasteiger partial charge in [0.05, 0.1) is 24.0 Å². The van der Waals surface area contributed by atoms with Crippen molar-refractivity contribution in [3.63, 3.8) is 0 Å². The van der Waals surface area contributed by atoms with E-state index < -0.39 is 0 Å². The summed E-state index contributed by atoms with van der Waals surface area (Å²) in [4.78, 5) is 39.3. The summed E-state index contributed by atoms with van der Waals surface area (Å²) in [5.74, 6) is 0.511. The van der Waals surface area contributed by atoms with Crippen LogP contribution in [0.25, 0.3) is 11.5 Å². The maximum atomic E-state index is 12.4. The van der Waals surface area contributed by atoms with Gasteiger partial charge in [0.25, 0.3) is 5.91 Å². The molecule has 3 rings (SSSR count). The van der Waals surface area contributed by atoms with Crippen molar-refractivity contribution >= 4 is 11.7 Å². The average molecular weight is 339 g/mol. The van der Waals surface area contributed by atoms with E-state index in [-0.39, 0.29) is 18.2 Å². The molecule has 0 saturated carbocycles. The fourth-order valence-electron chi connectivity index (χ4n) is 2.60. The van der Waals surface area contributed by atoms with E-state index in [9.17, 15) is 9.59 Å². The average Bonchev–Trinajstić information content (AvgIpc) is 3.18. The normalized spacial score (nSPS) is 10.7. The number of amides is 1. The zero-order chi connectivity index (χ0) is 18.0. The highest BCUT2D eigenvalue weighted by Gasteiger charge is 2.20. The standard InChI is InChI=1S/C16H17N7O2/c1-8-13(9(2)20-14(8)10(3)24)16(25)19-7-12-21-15(23-22-12)11-6-17-4-5-18-11/h4-6,20H,7H2,1-3H3,(H,19,25)(H,21,22,23). The molecule has 0 spiro atoms. The highest BCUT2D eigenvalue weighted by molar-refractivity contribution is 6.02. The number of nitrogens with zero attached hydrogens (tertiary/aromatic N) is 4. The van der Waals surface area contributed by atoms with Gasteiger partial charge in [-0.15, -0.1) is 0 Å². The van der Waals surface area contributed by atoms with Gasteiger partial charge in [0.2, 0.25) is 5.82 Å². The lowest BCUT2D eigenvalue weighted by Gasteiger charge is -2.04. The monoisotopic (exact) mass is 339 g/mol. The summed E-state index contributed by atoms with van der Waals surface area (Å²) in [5.41, 5.74) is 2.75. The number of rotatable bonds is 5. The second-order valence-corrected chi connectivity index (χ2v) is 5.56. The summed E-state index contributed by atoms with van der Waals surface area (Å²) in [7, 11) is 0. The van der Waals surface area contributed by atoms with E-state index in [1.807, 2.05) is 0 Å². The Morgan fingerprint density at radius 3 is 2.68 bits per heavy atom. The molecule has 0 bridgehead atoms. The second kappa shape index (κ2) is 6.63. The van der Waals surface area contributed by atoms with Crippen molar-refractivity contribution in [2.45, 2.75) is 27.3 Å². The lowest BCUT2D eigenvalue weighted by molar-refractivity contribution is 0.0948. The third-order valence-electron chi connectivity index (χ3n) is 3.76. The number of ketones is 1. The van der Waals surface area contributed by atoms with E-state index in [1.54, 1.807) is 32.4 Å². The number of Topliss-reactive ketones (excluding diaryl/α,β-unsaturated/α-hetero) is 1. The molecule has 0 saturated heterocycles. The van der Waals surface area contributed by atoms with Crippen LogP contribution >= 0.6 is 0 Å². The number of nitrogens with one attached hydrogen (secondary N) is 3. The SMILES string of the molecule is CC(=O)c1[nH]c(C)c(C(=O)NCc2nc(-c3cnccn3)n[nH]2)c1C. The maximum absolute atomic E-state index is 12.4. The quantitative estimate of drug-likeness (QED) is 0.602. The highest BCUT2D eigenvalue weighted by Crippen LogP contribution is 2.18. The summed E-state index contributed by atoms with van der Waals surface area (Å²) >= 11 is 0. The molecule has 128 valence electrons. The lowest BCUT2D eigenvalue weighted by Crippen LogP contribution is -2.24. The first-order chi connectivity index (χ1) is 12.0. The van der Waals surface area contributed by atoms with Crippen LogP contribution in [0.15, 0.2) is 18.6 Å². The minimum absolute atomic E-state index is 0.108. The minimum atomic E-state index is -0.281. The van der Waals surface area contributed by atoms with Crippen LogP contribution in [0.4, 0.5) is 0 Å². The first kappa shape index (κ1) is 16.5. The molecular formula is C16H17N7O2. The summed E-state index contributed by atoms with van der Waals surface area (Å²) in [5, 5.41) is 9.59. The van der Waals surface area contributed by atoms with E-state index in [0.717, 1.165) is 0 Å². The number of carbonyl (C=O) groups excluding carboxylic acids is 2. The molecular weight excluding hydrogens is 322 g/mol. The predicted octanol–water partition coefficient (Wildman–Crippen LogP) is 1.34. The van der Waals surface area contributed by atoms with Crippen molar-refractivity contribution in [2.75, 3.05) is 0 Å². The first-order valence-corrected chi connectivity index (χ1v) is 7.63. The van der Waals surface area contributed by atoms with Gasteiger partial charge >= 0.3 is 0 Å². The molecule has 25 heavy (non-hydrogen) atoms. The molecule has 0 atom stereocenters. The molecule has 0 aromatic carbocycles. The predicted molar refractivity (Wildman–Crippen MR) is 88.9 cm³/mol. The first-order valence-electron chi connectivity index (χ1n) is 7.63. The summed E-state index contributed by atoms with van der Waals surface area (Å²) in [6, 6.07) is 0. The van der Waals surface area contributed by atoms with Crippen LogP contribution in [0.5, 0.6) is 0 Å². The van der Waals surface area contributed by atoms with E-state index in [4.69, 9.17) is 0 Å². The number of hydrogen-bond acceptors (Lipinski definition) is 6. The molecule has 3 N–H and O–H groups in total. The zero-order valence-corrected chi connectivity index (χ0v) is 14.0. The molecule has 0 radical (unpaired) electrons. The van der Waals surface area contributed by atoms with Gasteiger partial charge in [0.15, 0.2) is 5.78 Å². The Kier molecular flexibility index (Phi) is 4.38. The number of aryl methyl sites for hydroxylation is 1. The van der Waals surface area contributed by atoms with E-state index in [1.165, 1.54) is 6.92 Å². The molecule has 0 aliphatic rings. The summed E-state index contributed by atoms with van der Waals surface area (Å²) < 4.78 is 0. The number of aromatic nitrogens is 6. The number of hydrogen-bond donors (Lipinski definition) is 3. The zero-order valence-electron chi connectivity index (χ0n) is 14.0. The smallest absolute Gasteiger partial charge is 0.253 e. The third-order valence-corrected chi connectivity index (χ3v) is 3.76. The molecule has 0 aliphatic carbocycles. The maximum Gasteiger partial charge on any atom is 0.253 e. The Labute approximate surface area is 143 Å². The fraction of sp³-hybridized carbons (Fsp3) is 0.250. The number of H-pyrrole nitrogens is 2. The largest absolute Gasteiger partial charge is 0.355 e. The Bertz CT molecular complexity index is 927. The number of carbonyl (C=O) groups is 2. The molecule has 9 nitrogen and oxygen atoms in total. The Balaban J connectivity index is 1.71. The summed E-state index contributed by atoms with van der Waals surface area (Å²) in [6.07, 6.45) is 4.67. The van der Waals surface area contributed by atoms with Crippen molar-refractivity contribution in [3.05, 3.63) is 46.9 Å².